The van der Waals surface area contributed by atoms with E-state index >= 15 is 0 Å². The minimum atomic E-state index is 0. The maximum atomic E-state index is 9.53. The molecule has 142 valence electrons. The Morgan fingerprint density at radius 1 is 1.15 bits per heavy atom. The summed E-state index contributed by atoms with van der Waals surface area (Å²) >= 11 is 0. The van der Waals surface area contributed by atoms with E-state index in [0.29, 0.717) is 12.3 Å². The molecule has 0 aromatic heterocycles. The highest BCUT2D eigenvalue weighted by Crippen LogP contribution is 2.13. The fourth-order valence-corrected chi connectivity index (χ4v) is 2.55. The summed E-state index contributed by atoms with van der Waals surface area (Å²) in [7, 11) is 3.70. The first-order valence-electron chi connectivity index (χ1n) is 8.52. The number of benzene rings is 2. The zero-order valence-electron chi connectivity index (χ0n) is 15.6. The number of ether oxygens (including phenoxy) is 1. The van der Waals surface area contributed by atoms with Crippen LogP contribution in [0.3, 0.4) is 0 Å². The van der Waals surface area contributed by atoms with Crippen LogP contribution in [0.25, 0.3) is 0 Å². The topological polar surface area (TPSA) is 57.1 Å². The average Bonchev–Trinajstić information content (AvgIpc) is 2.61. The fraction of sp³-hybridized carbons (Fsp3) is 0.350. The zero-order chi connectivity index (χ0) is 18.1. The summed E-state index contributed by atoms with van der Waals surface area (Å²) in [4.78, 5) is 6.80. The molecular weight excluding hydrogens is 441 g/mol. The van der Waals surface area contributed by atoms with Crippen molar-refractivity contribution in [2.75, 3.05) is 27.2 Å². The molecular formula is C20H28IN3O2. The molecule has 0 fully saturated rings. The third kappa shape index (κ3) is 7.11. The van der Waals surface area contributed by atoms with E-state index in [4.69, 9.17) is 9.73 Å². The van der Waals surface area contributed by atoms with Crippen molar-refractivity contribution in [3.63, 3.8) is 0 Å². The average molecular weight is 469 g/mol. The van der Waals surface area contributed by atoms with Gasteiger partial charge in [-0.2, -0.15) is 0 Å². The van der Waals surface area contributed by atoms with Crippen molar-refractivity contribution in [1.82, 2.24) is 10.2 Å². The van der Waals surface area contributed by atoms with Gasteiger partial charge in [-0.25, -0.2) is 0 Å². The second-order valence-corrected chi connectivity index (χ2v) is 5.86. The maximum Gasteiger partial charge on any atom is 0.193 e. The number of hydrogen-bond donors (Lipinski definition) is 2. The molecule has 0 spiro atoms. The second kappa shape index (κ2) is 11.6. The van der Waals surface area contributed by atoms with Crippen LogP contribution < -0.4 is 10.1 Å². The molecule has 26 heavy (non-hydrogen) atoms. The summed E-state index contributed by atoms with van der Waals surface area (Å²) < 4.78 is 5.20. The van der Waals surface area contributed by atoms with Crippen molar-refractivity contribution in [3.05, 3.63) is 59.7 Å². The summed E-state index contributed by atoms with van der Waals surface area (Å²) in [5.41, 5.74) is 2.28. The number of halogens is 1. The third-order valence-electron chi connectivity index (χ3n) is 3.85. The molecule has 2 aromatic carbocycles. The van der Waals surface area contributed by atoms with Crippen molar-refractivity contribution in [2.24, 2.45) is 4.99 Å². The molecule has 0 bridgehead atoms. The van der Waals surface area contributed by atoms with Gasteiger partial charge >= 0.3 is 0 Å². The predicted octanol–water partition coefficient (Wildman–Crippen LogP) is 3.66. The molecule has 0 amide bonds. The number of phenolic OH excluding ortho intramolecular Hbond substituents is 1. The van der Waals surface area contributed by atoms with Gasteiger partial charge in [0.2, 0.25) is 0 Å². The van der Waals surface area contributed by atoms with Crippen LogP contribution in [0.1, 0.15) is 18.1 Å². The van der Waals surface area contributed by atoms with Crippen molar-refractivity contribution >= 4 is 29.9 Å². The van der Waals surface area contributed by atoms with Crippen molar-refractivity contribution < 1.29 is 9.84 Å². The second-order valence-electron chi connectivity index (χ2n) is 5.86. The summed E-state index contributed by atoms with van der Waals surface area (Å²) in [6, 6.07) is 15.4. The van der Waals surface area contributed by atoms with E-state index in [9.17, 15) is 5.11 Å². The summed E-state index contributed by atoms with van der Waals surface area (Å²) in [6.07, 6.45) is 0.791. The number of aromatic hydroxyl groups is 1. The summed E-state index contributed by atoms with van der Waals surface area (Å²) in [5.74, 6) is 2.03. The number of methoxy groups -OCH3 is 1. The van der Waals surface area contributed by atoms with E-state index in [0.717, 1.165) is 36.8 Å². The van der Waals surface area contributed by atoms with Crippen LogP contribution in [0.2, 0.25) is 0 Å². The lowest BCUT2D eigenvalue weighted by Gasteiger charge is -2.22. The summed E-state index contributed by atoms with van der Waals surface area (Å²) in [6.45, 7) is 4.31. The highest BCUT2D eigenvalue weighted by Gasteiger charge is 2.06. The van der Waals surface area contributed by atoms with Crippen LogP contribution in [-0.2, 0) is 13.0 Å². The SMILES string of the molecule is CCNC(=NCCc1cccc(O)c1)N(C)Cc1ccc(OC)cc1.I. The molecule has 2 rings (SSSR count). The van der Waals surface area contributed by atoms with Gasteiger partial charge in [-0.1, -0.05) is 24.3 Å². The first-order chi connectivity index (χ1) is 12.1. The lowest BCUT2D eigenvalue weighted by Crippen LogP contribution is -2.38. The van der Waals surface area contributed by atoms with Crippen LogP contribution in [0, 0.1) is 0 Å². The van der Waals surface area contributed by atoms with Gasteiger partial charge in [0.05, 0.1) is 7.11 Å². The molecule has 5 nitrogen and oxygen atoms in total. The van der Waals surface area contributed by atoms with Crippen LogP contribution in [0.15, 0.2) is 53.5 Å². The highest BCUT2D eigenvalue weighted by atomic mass is 127. The third-order valence-corrected chi connectivity index (χ3v) is 3.85. The molecule has 2 N–H and O–H groups in total. The van der Waals surface area contributed by atoms with E-state index < -0.39 is 0 Å². The van der Waals surface area contributed by atoms with Crippen molar-refractivity contribution in [2.45, 2.75) is 19.9 Å². The number of nitrogens with zero attached hydrogens (tertiary/aromatic N) is 2. The summed E-state index contributed by atoms with van der Waals surface area (Å²) in [5, 5.41) is 12.9. The Morgan fingerprint density at radius 2 is 1.88 bits per heavy atom. The van der Waals surface area contributed by atoms with E-state index in [-0.39, 0.29) is 24.0 Å². The standard InChI is InChI=1S/C20H27N3O2.HI/c1-4-21-20(22-13-12-16-6-5-7-18(24)14-16)23(2)15-17-8-10-19(25-3)11-9-17;/h5-11,14,24H,4,12-13,15H2,1-3H3,(H,21,22);1H. The van der Waals surface area contributed by atoms with Gasteiger partial charge < -0.3 is 20.1 Å². The van der Waals surface area contributed by atoms with Gasteiger partial charge in [0.15, 0.2) is 5.96 Å². The van der Waals surface area contributed by atoms with Gasteiger partial charge in [0, 0.05) is 26.7 Å². The Morgan fingerprint density at radius 3 is 2.50 bits per heavy atom. The quantitative estimate of drug-likeness (QED) is 0.369. The van der Waals surface area contributed by atoms with E-state index in [2.05, 4.69) is 29.3 Å². The molecule has 0 saturated heterocycles. The molecule has 0 aliphatic rings. The van der Waals surface area contributed by atoms with Crippen LogP contribution in [0.5, 0.6) is 11.5 Å². The van der Waals surface area contributed by atoms with Gasteiger partial charge in [0.1, 0.15) is 11.5 Å². The Balaban J connectivity index is 0.00000338. The minimum absolute atomic E-state index is 0. The molecule has 2 aromatic rings. The lowest BCUT2D eigenvalue weighted by molar-refractivity contribution is 0.414. The Bertz CT molecular complexity index is 690. The van der Waals surface area contributed by atoms with E-state index in [1.165, 1.54) is 5.56 Å². The number of rotatable bonds is 7. The molecule has 0 saturated carbocycles. The Labute approximate surface area is 173 Å². The first-order valence-corrected chi connectivity index (χ1v) is 8.52. The molecule has 0 aliphatic heterocycles. The molecule has 0 atom stereocenters. The molecule has 0 unspecified atom stereocenters. The highest BCUT2D eigenvalue weighted by molar-refractivity contribution is 14.0. The normalized spacial score (nSPS) is 10.8. The molecule has 6 heteroatoms. The van der Waals surface area contributed by atoms with Crippen LogP contribution in [-0.4, -0.2) is 43.2 Å². The number of guanidine groups is 1. The smallest absolute Gasteiger partial charge is 0.193 e. The number of aliphatic imine (C=N–C) groups is 1. The van der Waals surface area contributed by atoms with Crippen molar-refractivity contribution in [1.29, 1.82) is 0 Å². The zero-order valence-corrected chi connectivity index (χ0v) is 17.9. The Kier molecular flexibility index (Phi) is 9.87. The van der Waals surface area contributed by atoms with Gasteiger partial charge in [-0.15, -0.1) is 24.0 Å². The van der Waals surface area contributed by atoms with Crippen molar-refractivity contribution in [3.8, 4) is 11.5 Å². The van der Waals surface area contributed by atoms with Crippen LogP contribution >= 0.6 is 24.0 Å². The molecule has 0 aliphatic carbocycles. The van der Waals surface area contributed by atoms with E-state index in [1.54, 1.807) is 19.2 Å². The van der Waals surface area contributed by atoms with Crippen LogP contribution in [0.4, 0.5) is 0 Å². The number of nitrogens with one attached hydrogen (secondary N) is 1. The fourth-order valence-electron chi connectivity index (χ4n) is 2.55. The van der Waals surface area contributed by atoms with Gasteiger partial charge in [-0.05, 0) is 48.7 Å². The lowest BCUT2D eigenvalue weighted by atomic mass is 10.1. The number of hydrogen-bond acceptors (Lipinski definition) is 3. The van der Waals surface area contributed by atoms with E-state index in [1.807, 2.05) is 31.3 Å². The first kappa shape index (κ1) is 22.1. The van der Waals surface area contributed by atoms with Gasteiger partial charge in [-0.3, -0.25) is 4.99 Å². The number of phenols is 1. The Hall–Kier alpha value is -1.96. The largest absolute Gasteiger partial charge is 0.508 e. The maximum absolute atomic E-state index is 9.53. The monoisotopic (exact) mass is 469 g/mol. The minimum Gasteiger partial charge on any atom is -0.508 e. The van der Waals surface area contributed by atoms with Gasteiger partial charge in [0.25, 0.3) is 0 Å². The predicted molar refractivity (Wildman–Crippen MR) is 118 cm³/mol. The molecule has 0 radical (unpaired) electrons. The molecule has 0 heterocycles.